The van der Waals surface area contributed by atoms with Crippen LogP contribution in [0.15, 0.2) is 30.3 Å². The average molecular weight is 324 g/mol. The van der Waals surface area contributed by atoms with Crippen molar-refractivity contribution in [2.24, 2.45) is 0 Å². The molecule has 0 atom stereocenters. The molecule has 2 rings (SSSR count). The van der Waals surface area contributed by atoms with Crippen LogP contribution in [0.1, 0.15) is 16.1 Å². The van der Waals surface area contributed by atoms with Gasteiger partial charge in [0.05, 0.1) is 11.4 Å². The fourth-order valence-electron chi connectivity index (χ4n) is 1.95. The monoisotopic (exact) mass is 323 g/mol. The van der Waals surface area contributed by atoms with Gasteiger partial charge in [-0.3, -0.25) is 4.79 Å². The zero-order valence-electron chi connectivity index (χ0n) is 11.9. The number of hydrogen-bond acceptors (Lipinski definition) is 3. The molecule has 2 aromatic rings. The van der Waals surface area contributed by atoms with Crippen molar-refractivity contribution in [2.45, 2.75) is 6.92 Å². The highest BCUT2D eigenvalue weighted by Gasteiger charge is 2.12. The van der Waals surface area contributed by atoms with Crippen LogP contribution in [0.2, 0.25) is 10.2 Å². The SMILES string of the molecule is Cc1cc(C(=O)Nc2cc(Cl)ccc2N(C)C)cc(Cl)n1. The molecule has 1 aromatic carbocycles. The molecule has 4 nitrogen and oxygen atoms in total. The van der Waals surface area contributed by atoms with Crippen molar-refractivity contribution < 1.29 is 4.79 Å². The summed E-state index contributed by atoms with van der Waals surface area (Å²) in [6.07, 6.45) is 0. The van der Waals surface area contributed by atoms with E-state index in [1.165, 1.54) is 6.07 Å². The lowest BCUT2D eigenvalue weighted by atomic mass is 10.2. The van der Waals surface area contributed by atoms with Gasteiger partial charge in [0.1, 0.15) is 5.15 Å². The molecule has 0 saturated heterocycles. The standard InChI is InChI=1S/C15H15Cl2N3O/c1-9-6-10(7-14(17)18-9)15(21)19-12-8-11(16)4-5-13(12)20(2)3/h4-8H,1-3H3,(H,19,21). The van der Waals surface area contributed by atoms with Gasteiger partial charge in [-0.2, -0.15) is 0 Å². The number of pyridine rings is 1. The molecule has 0 bridgehead atoms. The van der Waals surface area contributed by atoms with E-state index in [2.05, 4.69) is 10.3 Å². The second-order valence-electron chi connectivity index (χ2n) is 4.83. The number of anilines is 2. The molecule has 110 valence electrons. The Balaban J connectivity index is 2.33. The summed E-state index contributed by atoms with van der Waals surface area (Å²) in [4.78, 5) is 18.3. The Hall–Kier alpha value is -1.78. The highest BCUT2D eigenvalue weighted by atomic mass is 35.5. The predicted molar refractivity (Wildman–Crippen MR) is 87.7 cm³/mol. The average Bonchev–Trinajstić information content (AvgIpc) is 2.37. The molecule has 0 aliphatic heterocycles. The lowest BCUT2D eigenvalue weighted by Crippen LogP contribution is -2.17. The van der Waals surface area contributed by atoms with E-state index in [1.54, 1.807) is 25.1 Å². The van der Waals surface area contributed by atoms with Crippen LogP contribution in [-0.4, -0.2) is 25.0 Å². The Kier molecular flexibility index (Phi) is 4.70. The first-order valence-corrected chi connectivity index (χ1v) is 7.05. The number of nitrogens with zero attached hydrogens (tertiary/aromatic N) is 2. The zero-order valence-corrected chi connectivity index (χ0v) is 13.5. The maximum atomic E-state index is 12.3. The first-order chi connectivity index (χ1) is 9.86. The van der Waals surface area contributed by atoms with E-state index < -0.39 is 0 Å². The van der Waals surface area contributed by atoms with Crippen molar-refractivity contribution in [1.82, 2.24) is 4.98 Å². The Labute approximate surface area is 133 Å². The molecule has 0 aliphatic carbocycles. The number of aryl methyl sites for hydroxylation is 1. The third-order valence-corrected chi connectivity index (χ3v) is 3.30. The molecule has 0 radical (unpaired) electrons. The third-order valence-electron chi connectivity index (χ3n) is 2.87. The summed E-state index contributed by atoms with van der Waals surface area (Å²) >= 11 is 11.9. The maximum Gasteiger partial charge on any atom is 0.255 e. The number of carbonyl (C=O) groups excluding carboxylic acids is 1. The summed E-state index contributed by atoms with van der Waals surface area (Å²) < 4.78 is 0. The third kappa shape index (κ3) is 3.86. The van der Waals surface area contributed by atoms with Crippen LogP contribution < -0.4 is 10.2 Å². The molecular formula is C15H15Cl2N3O. The Morgan fingerprint density at radius 3 is 2.52 bits per heavy atom. The van der Waals surface area contributed by atoms with Gasteiger partial charge >= 0.3 is 0 Å². The molecule has 0 unspecified atom stereocenters. The predicted octanol–water partition coefficient (Wildman–Crippen LogP) is 4.02. The first-order valence-electron chi connectivity index (χ1n) is 6.29. The minimum absolute atomic E-state index is 0.257. The fraction of sp³-hybridized carbons (Fsp3) is 0.200. The summed E-state index contributed by atoms with van der Waals surface area (Å²) in [6, 6.07) is 8.55. The summed E-state index contributed by atoms with van der Waals surface area (Å²) in [5.74, 6) is -0.257. The minimum atomic E-state index is -0.257. The molecular weight excluding hydrogens is 309 g/mol. The molecule has 6 heteroatoms. The molecule has 1 N–H and O–H groups in total. The molecule has 1 aromatic heterocycles. The van der Waals surface area contributed by atoms with Crippen molar-refractivity contribution in [3.63, 3.8) is 0 Å². The Morgan fingerprint density at radius 2 is 1.90 bits per heavy atom. The number of aromatic nitrogens is 1. The van der Waals surface area contributed by atoms with E-state index in [0.29, 0.717) is 27.1 Å². The molecule has 0 spiro atoms. The summed E-state index contributed by atoms with van der Waals surface area (Å²) in [6.45, 7) is 1.79. The van der Waals surface area contributed by atoms with Crippen molar-refractivity contribution in [3.8, 4) is 0 Å². The number of amides is 1. The molecule has 21 heavy (non-hydrogen) atoms. The van der Waals surface area contributed by atoms with Gasteiger partial charge in [0.2, 0.25) is 0 Å². The molecule has 0 aliphatic rings. The number of nitrogens with one attached hydrogen (secondary N) is 1. The van der Waals surface area contributed by atoms with Gasteiger partial charge in [-0.25, -0.2) is 4.98 Å². The van der Waals surface area contributed by atoms with Gasteiger partial charge in [-0.1, -0.05) is 23.2 Å². The number of hydrogen-bond donors (Lipinski definition) is 1. The largest absolute Gasteiger partial charge is 0.376 e. The van der Waals surface area contributed by atoms with E-state index in [9.17, 15) is 4.79 Å². The van der Waals surface area contributed by atoms with E-state index >= 15 is 0 Å². The zero-order chi connectivity index (χ0) is 15.6. The van der Waals surface area contributed by atoms with Gasteiger partial charge in [0.25, 0.3) is 5.91 Å². The van der Waals surface area contributed by atoms with Gasteiger partial charge in [-0.15, -0.1) is 0 Å². The Bertz CT molecular complexity index is 666. The topological polar surface area (TPSA) is 45.2 Å². The molecule has 0 fully saturated rings. The number of halogens is 2. The highest BCUT2D eigenvalue weighted by Crippen LogP contribution is 2.28. The first kappa shape index (κ1) is 15.6. The normalized spacial score (nSPS) is 10.3. The van der Waals surface area contributed by atoms with Gasteiger partial charge in [-0.05, 0) is 37.3 Å². The van der Waals surface area contributed by atoms with Crippen LogP contribution in [0, 0.1) is 6.92 Å². The molecule has 1 amide bonds. The van der Waals surface area contributed by atoms with E-state index in [4.69, 9.17) is 23.2 Å². The van der Waals surface area contributed by atoms with Crippen LogP contribution in [0.25, 0.3) is 0 Å². The lowest BCUT2D eigenvalue weighted by Gasteiger charge is -2.18. The lowest BCUT2D eigenvalue weighted by molar-refractivity contribution is 0.102. The van der Waals surface area contributed by atoms with E-state index in [1.807, 2.05) is 25.1 Å². The second kappa shape index (κ2) is 6.33. The van der Waals surface area contributed by atoms with Crippen molar-refractivity contribution in [3.05, 3.63) is 51.8 Å². The smallest absolute Gasteiger partial charge is 0.255 e. The minimum Gasteiger partial charge on any atom is -0.376 e. The van der Waals surface area contributed by atoms with E-state index in [-0.39, 0.29) is 5.91 Å². The number of benzene rings is 1. The number of carbonyl (C=O) groups is 1. The second-order valence-corrected chi connectivity index (χ2v) is 5.65. The maximum absolute atomic E-state index is 12.3. The molecule has 1 heterocycles. The summed E-state index contributed by atoms with van der Waals surface area (Å²) in [5, 5.41) is 3.70. The molecule has 0 saturated carbocycles. The Morgan fingerprint density at radius 1 is 1.19 bits per heavy atom. The quantitative estimate of drug-likeness (QED) is 0.868. The highest BCUT2D eigenvalue weighted by molar-refractivity contribution is 6.31. The fourth-order valence-corrected chi connectivity index (χ4v) is 2.37. The van der Waals surface area contributed by atoms with Crippen LogP contribution in [-0.2, 0) is 0 Å². The van der Waals surface area contributed by atoms with Gasteiger partial charge < -0.3 is 10.2 Å². The van der Waals surface area contributed by atoms with Crippen LogP contribution in [0.3, 0.4) is 0 Å². The van der Waals surface area contributed by atoms with Crippen LogP contribution in [0.5, 0.6) is 0 Å². The van der Waals surface area contributed by atoms with Gasteiger partial charge in [0, 0.05) is 30.4 Å². The van der Waals surface area contributed by atoms with Crippen molar-refractivity contribution >= 4 is 40.5 Å². The number of rotatable bonds is 3. The van der Waals surface area contributed by atoms with Crippen molar-refractivity contribution in [2.75, 3.05) is 24.3 Å². The van der Waals surface area contributed by atoms with Crippen LogP contribution in [0.4, 0.5) is 11.4 Å². The summed E-state index contributed by atoms with van der Waals surface area (Å²) in [7, 11) is 3.79. The summed E-state index contributed by atoms with van der Waals surface area (Å²) in [5.41, 5.74) is 2.65. The van der Waals surface area contributed by atoms with Gasteiger partial charge in [0.15, 0.2) is 0 Å². The van der Waals surface area contributed by atoms with Crippen LogP contribution >= 0.6 is 23.2 Å². The van der Waals surface area contributed by atoms with Crippen molar-refractivity contribution in [1.29, 1.82) is 0 Å². The van der Waals surface area contributed by atoms with E-state index in [0.717, 1.165) is 5.69 Å².